The molecule has 0 radical (unpaired) electrons. The predicted octanol–water partition coefficient (Wildman–Crippen LogP) is 1.44. The monoisotopic (exact) mass is 289 g/mol. The fraction of sp³-hybridized carbons (Fsp3) is 0.222. The number of hydrogen-bond donors (Lipinski definition) is 1. The lowest BCUT2D eigenvalue weighted by Gasteiger charge is -2.06. The van der Waals surface area contributed by atoms with Crippen LogP contribution in [0.4, 0.5) is 5.69 Å². The quantitative estimate of drug-likeness (QED) is 0.500. The van der Waals surface area contributed by atoms with Crippen molar-refractivity contribution in [3.63, 3.8) is 0 Å². The van der Waals surface area contributed by atoms with Crippen LogP contribution in [0.3, 0.4) is 0 Å². The van der Waals surface area contributed by atoms with Gasteiger partial charge in [-0.3, -0.25) is 10.1 Å². The van der Waals surface area contributed by atoms with Gasteiger partial charge in [0.25, 0.3) is 5.69 Å². The normalized spacial score (nSPS) is 10.9. The van der Waals surface area contributed by atoms with E-state index in [4.69, 9.17) is 16.9 Å². The van der Waals surface area contributed by atoms with E-state index < -0.39 is 14.9 Å². The molecule has 0 aliphatic heterocycles. The third kappa shape index (κ3) is 3.40. The highest BCUT2D eigenvalue weighted by atomic mass is 35.5. The third-order valence-electron chi connectivity index (χ3n) is 1.94. The lowest BCUT2D eigenvalue weighted by Crippen LogP contribution is -2.24. The zero-order valence-corrected chi connectivity index (χ0v) is 10.5. The molecule has 18 heavy (non-hydrogen) atoms. The molecule has 0 spiro atoms. The zero-order chi connectivity index (χ0) is 13.8. The number of nitriles is 1. The number of halogens is 1. The molecule has 0 heterocycles. The maximum absolute atomic E-state index is 11.8. The van der Waals surface area contributed by atoms with E-state index in [0.717, 1.165) is 18.2 Å². The minimum absolute atomic E-state index is 0.00816. The lowest BCUT2D eigenvalue weighted by molar-refractivity contribution is -0.385. The first-order valence-electron chi connectivity index (χ1n) is 4.69. The second-order valence-corrected chi connectivity index (χ2v) is 5.32. The highest BCUT2D eigenvalue weighted by molar-refractivity contribution is 7.89. The molecule has 96 valence electrons. The fourth-order valence-electron chi connectivity index (χ4n) is 1.13. The number of nitrogens with zero attached hydrogens (tertiary/aromatic N) is 2. The van der Waals surface area contributed by atoms with E-state index in [1.165, 1.54) is 0 Å². The van der Waals surface area contributed by atoms with Crippen molar-refractivity contribution in [2.45, 2.75) is 11.3 Å². The Morgan fingerprint density at radius 1 is 1.50 bits per heavy atom. The van der Waals surface area contributed by atoms with Crippen molar-refractivity contribution in [3.05, 3.63) is 33.3 Å². The van der Waals surface area contributed by atoms with Gasteiger partial charge in [0.05, 0.1) is 16.0 Å². The molecule has 0 atom stereocenters. The molecule has 0 aliphatic carbocycles. The molecule has 7 nitrogen and oxygen atoms in total. The summed E-state index contributed by atoms with van der Waals surface area (Å²) in [5.41, 5.74) is -0.375. The van der Waals surface area contributed by atoms with E-state index in [2.05, 4.69) is 4.72 Å². The topological polar surface area (TPSA) is 113 Å². The molecule has 0 bridgehead atoms. The van der Waals surface area contributed by atoms with Gasteiger partial charge in [0.1, 0.15) is 4.90 Å². The highest BCUT2D eigenvalue weighted by Crippen LogP contribution is 2.25. The second kappa shape index (κ2) is 5.77. The van der Waals surface area contributed by atoms with Crippen LogP contribution in [0.2, 0.25) is 5.02 Å². The number of hydrogen-bond acceptors (Lipinski definition) is 5. The molecule has 0 saturated heterocycles. The molecule has 0 fully saturated rings. The average molecular weight is 290 g/mol. The molecule has 0 aromatic heterocycles. The van der Waals surface area contributed by atoms with Crippen LogP contribution in [0.5, 0.6) is 0 Å². The number of rotatable bonds is 5. The fourth-order valence-corrected chi connectivity index (χ4v) is 2.68. The molecule has 1 N–H and O–H groups in total. The van der Waals surface area contributed by atoms with E-state index in [1.807, 2.05) is 0 Å². The Labute approximate surface area is 108 Å². The van der Waals surface area contributed by atoms with Gasteiger partial charge in [-0.1, -0.05) is 11.6 Å². The highest BCUT2D eigenvalue weighted by Gasteiger charge is 2.20. The van der Waals surface area contributed by atoms with Crippen molar-refractivity contribution in [1.29, 1.82) is 5.26 Å². The zero-order valence-electron chi connectivity index (χ0n) is 8.96. The SMILES string of the molecule is N#CCCNS(=O)(=O)c1cc([N+](=O)[O-])ccc1Cl. The first-order chi connectivity index (χ1) is 8.38. The van der Waals surface area contributed by atoms with Gasteiger partial charge in [0.15, 0.2) is 0 Å². The van der Waals surface area contributed by atoms with Crippen molar-refractivity contribution in [2.24, 2.45) is 0 Å². The lowest BCUT2D eigenvalue weighted by atomic mass is 10.3. The molecule has 1 rings (SSSR count). The molecule has 0 amide bonds. The Morgan fingerprint density at radius 2 is 2.17 bits per heavy atom. The maximum atomic E-state index is 11.8. The predicted molar refractivity (Wildman–Crippen MR) is 63.5 cm³/mol. The first-order valence-corrected chi connectivity index (χ1v) is 6.55. The average Bonchev–Trinajstić information content (AvgIpc) is 2.29. The number of non-ortho nitro benzene ring substituents is 1. The van der Waals surface area contributed by atoms with Crippen LogP contribution >= 0.6 is 11.6 Å². The smallest absolute Gasteiger partial charge is 0.258 e. The van der Waals surface area contributed by atoms with Crippen LogP contribution in [0.25, 0.3) is 0 Å². The van der Waals surface area contributed by atoms with Crippen LogP contribution in [0.15, 0.2) is 23.1 Å². The summed E-state index contributed by atoms with van der Waals surface area (Å²) < 4.78 is 25.7. The van der Waals surface area contributed by atoms with Gasteiger partial charge >= 0.3 is 0 Å². The minimum Gasteiger partial charge on any atom is -0.258 e. The van der Waals surface area contributed by atoms with Crippen LogP contribution < -0.4 is 4.72 Å². The summed E-state index contributed by atoms with van der Waals surface area (Å²) in [4.78, 5) is 9.46. The summed E-state index contributed by atoms with van der Waals surface area (Å²) in [6.07, 6.45) is -0.00816. The molecule has 0 unspecified atom stereocenters. The van der Waals surface area contributed by atoms with E-state index in [1.54, 1.807) is 6.07 Å². The van der Waals surface area contributed by atoms with E-state index in [9.17, 15) is 18.5 Å². The molecule has 9 heteroatoms. The molecule has 0 saturated carbocycles. The molecule has 1 aromatic rings. The van der Waals surface area contributed by atoms with Gasteiger partial charge in [0, 0.05) is 25.1 Å². The largest absolute Gasteiger partial charge is 0.270 e. The summed E-state index contributed by atoms with van der Waals surface area (Å²) in [5.74, 6) is 0. The van der Waals surface area contributed by atoms with Crippen molar-refractivity contribution in [1.82, 2.24) is 4.72 Å². The molecule has 0 aliphatic rings. The number of benzene rings is 1. The molecule has 1 aromatic carbocycles. The Morgan fingerprint density at radius 3 is 2.72 bits per heavy atom. The Bertz CT molecular complexity index is 609. The minimum atomic E-state index is -3.96. The summed E-state index contributed by atoms with van der Waals surface area (Å²) in [5, 5.41) is 18.7. The van der Waals surface area contributed by atoms with Crippen LogP contribution in [-0.2, 0) is 10.0 Å². The van der Waals surface area contributed by atoms with Crippen molar-refractivity contribution in [2.75, 3.05) is 6.54 Å². The van der Waals surface area contributed by atoms with Crippen molar-refractivity contribution in [3.8, 4) is 6.07 Å². The summed E-state index contributed by atoms with van der Waals surface area (Å²) >= 11 is 5.69. The van der Waals surface area contributed by atoms with Gasteiger partial charge in [-0.25, -0.2) is 13.1 Å². The Kier molecular flexibility index (Phi) is 4.61. The van der Waals surface area contributed by atoms with Crippen LogP contribution in [0.1, 0.15) is 6.42 Å². The van der Waals surface area contributed by atoms with E-state index >= 15 is 0 Å². The summed E-state index contributed by atoms with van der Waals surface area (Å²) in [6.45, 7) is -0.0855. The standard InChI is InChI=1S/C9H8ClN3O4S/c10-8-3-2-7(13(14)15)6-9(8)18(16,17)12-5-1-4-11/h2-3,6,12H,1,5H2. The third-order valence-corrected chi connectivity index (χ3v) is 3.89. The number of nitrogens with one attached hydrogen (secondary N) is 1. The summed E-state index contributed by atoms with van der Waals surface area (Å²) in [7, 11) is -3.96. The first kappa shape index (κ1) is 14.4. The van der Waals surface area contributed by atoms with E-state index in [0.29, 0.717) is 0 Å². The molecular weight excluding hydrogens is 282 g/mol. The number of sulfonamides is 1. The van der Waals surface area contributed by atoms with Crippen LogP contribution in [-0.4, -0.2) is 19.9 Å². The Balaban J connectivity index is 3.12. The van der Waals surface area contributed by atoms with Gasteiger partial charge in [-0.15, -0.1) is 0 Å². The van der Waals surface area contributed by atoms with Gasteiger partial charge < -0.3 is 0 Å². The maximum Gasteiger partial charge on any atom is 0.270 e. The van der Waals surface area contributed by atoms with E-state index in [-0.39, 0.29) is 28.6 Å². The van der Waals surface area contributed by atoms with Gasteiger partial charge in [0.2, 0.25) is 10.0 Å². The van der Waals surface area contributed by atoms with Crippen molar-refractivity contribution < 1.29 is 13.3 Å². The second-order valence-electron chi connectivity index (χ2n) is 3.18. The van der Waals surface area contributed by atoms with Gasteiger partial charge in [-0.05, 0) is 6.07 Å². The van der Waals surface area contributed by atoms with Crippen molar-refractivity contribution >= 4 is 27.3 Å². The van der Waals surface area contributed by atoms with Crippen LogP contribution in [0, 0.1) is 21.4 Å². The number of nitro groups is 1. The summed E-state index contributed by atoms with van der Waals surface area (Å²) in [6, 6.07) is 4.89. The molecular formula is C9H8ClN3O4S. The Hall–Kier alpha value is -1.69. The van der Waals surface area contributed by atoms with Gasteiger partial charge in [-0.2, -0.15) is 5.26 Å². The number of nitro benzene ring substituents is 1.